The van der Waals surface area contributed by atoms with Gasteiger partial charge in [-0.3, -0.25) is 9.88 Å². The number of hydrogen-bond donors (Lipinski definition) is 1. The van der Waals surface area contributed by atoms with Crippen molar-refractivity contribution in [2.45, 2.75) is 13.0 Å². The van der Waals surface area contributed by atoms with E-state index < -0.39 is 0 Å². The molecule has 2 heterocycles. The molecule has 0 saturated carbocycles. The highest BCUT2D eigenvalue weighted by molar-refractivity contribution is 14.1. The summed E-state index contributed by atoms with van der Waals surface area (Å²) in [6.45, 7) is 4.22. The second-order valence-electron chi connectivity index (χ2n) is 5.85. The zero-order valence-corrected chi connectivity index (χ0v) is 15.6. The van der Waals surface area contributed by atoms with Crippen molar-refractivity contribution in [1.82, 2.24) is 14.8 Å². The molecule has 0 radical (unpaired) electrons. The Hall–Kier alpha value is -1.67. The first-order valence-corrected chi connectivity index (χ1v) is 9.23. The van der Waals surface area contributed by atoms with E-state index in [0.29, 0.717) is 0 Å². The number of carbonyl (C=O) groups is 1. The average Bonchev–Trinajstić information content (AvgIpc) is 2.83. The van der Waals surface area contributed by atoms with Gasteiger partial charge in [0.25, 0.3) is 0 Å². The number of urea groups is 1. The summed E-state index contributed by atoms with van der Waals surface area (Å²) in [7, 11) is 0. The predicted molar refractivity (Wildman–Crippen MR) is 104 cm³/mol. The molecule has 126 valence electrons. The molecule has 5 nitrogen and oxygen atoms in total. The highest BCUT2D eigenvalue weighted by Crippen LogP contribution is 2.18. The summed E-state index contributed by atoms with van der Waals surface area (Å²) in [5, 5.41) is 3.02. The maximum absolute atomic E-state index is 12.5. The molecule has 2 amide bonds. The van der Waals surface area contributed by atoms with Crippen LogP contribution in [0.5, 0.6) is 0 Å². The molecule has 0 unspecified atom stereocenters. The number of benzene rings is 1. The first-order valence-electron chi connectivity index (χ1n) is 8.15. The minimum absolute atomic E-state index is 0.0150. The smallest absolute Gasteiger partial charge is 0.321 e. The van der Waals surface area contributed by atoms with Gasteiger partial charge in [0.05, 0.1) is 11.4 Å². The van der Waals surface area contributed by atoms with Crippen LogP contribution in [0.4, 0.5) is 10.5 Å². The summed E-state index contributed by atoms with van der Waals surface area (Å²) in [5.74, 6) is 0. The third kappa shape index (κ3) is 4.67. The second-order valence-corrected chi connectivity index (χ2v) is 7.01. The zero-order valence-electron chi connectivity index (χ0n) is 13.5. The third-order valence-electron chi connectivity index (χ3n) is 4.10. The summed E-state index contributed by atoms with van der Waals surface area (Å²) >= 11 is 2.24. The summed E-state index contributed by atoms with van der Waals surface area (Å²) in [4.78, 5) is 21.2. The second kappa shape index (κ2) is 8.43. The lowest BCUT2D eigenvalue weighted by molar-refractivity contribution is 0.211. The van der Waals surface area contributed by atoms with E-state index >= 15 is 0 Å². The van der Waals surface area contributed by atoms with Gasteiger partial charge in [0.15, 0.2) is 0 Å². The van der Waals surface area contributed by atoms with Gasteiger partial charge in [-0.05, 0) is 53.3 Å². The van der Waals surface area contributed by atoms with Crippen molar-refractivity contribution in [2.24, 2.45) is 0 Å². The van der Waals surface area contributed by atoms with Crippen LogP contribution in [-0.4, -0.2) is 47.0 Å². The Balaban J connectivity index is 1.55. The number of halogens is 1. The topological polar surface area (TPSA) is 48.5 Å². The van der Waals surface area contributed by atoms with Crippen LogP contribution < -0.4 is 5.32 Å². The molecule has 0 atom stereocenters. The summed E-state index contributed by atoms with van der Waals surface area (Å²) < 4.78 is 1.05. The number of amides is 2. The Bertz CT molecular complexity index is 680. The average molecular weight is 436 g/mol. The monoisotopic (exact) mass is 436 g/mol. The number of aromatic nitrogens is 1. The van der Waals surface area contributed by atoms with E-state index in [0.717, 1.165) is 54.1 Å². The van der Waals surface area contributed by atoms with Gasteiger partial charge in [0, 0.05) is 42.5 Å². The maximum Gasteiger partial charge on any atom is 0.321 e. The van der Waals surface area contributed by atoms with Crippen LogP contribution in [0.2, 0.25) is 0 Å². The number of anilines is 1. The molecule has 1 aromatic carbocycles. The zero-order chi connectivity index (χ0) is 16.8. The minimum Gasteiger partial charge on any atom is -0.323 e. The summed E-state index contributed by atoms with van der Waals surface area (Å²) in [6, 6.07) is 13.8. The number of nitrogens with one attached hydrogen (secondary N) is 1. The molecule has 24 heavy (non-hydrogen) atoms. The van der Waals surface area contributed by atoms with Gasteiger partial charge in [-0.2, -0.15) is 0 Å². The van der Waals surface area contributed by atoms with E-state index in [1.807, 2.05) is 53.6 Å². The SMILES string of the molecule is O=C(Nc1ccccc1I)N1CCCN(Cc2ccccn2)CC1. The van der Waals surface area contributed by atoms with Crippen LogP contribution in [0.3, 0.4) is 0 Å². The molecule has 1 saturated heterocycles. The summed E-state index contributed by atoms with van der Waals surface area (Å²) in [5.41, 5.74) is 1.95. The molecule has 3 rings (SSSR count). The lowest BCUT2D eigenvalue weighted by Gasteiger charge is -2.22. The van der Waals surface area contributed by atoms with E-state index in [9.17, 15) is 4.79 Å². The van der Waals surface area contributed by atoms with E-state index in [1.54, 1.807) is 0 Å². The van der Waals surface area contributed by atoms with E-state index in [1.165, 1.54) is 0 Å². The van der Waals surface area contributed by atoms with Crippen molar-refractivity contribution in [3.05, 3.63) is 57.9 Å². The van der Waals surface area contributed by atoms with Gasteiger partial charge >= 0.3 is 6.03 Å². The number of rotatable bonds is 3. The van der Waals surface area contributed by atoms with Crippen LogP contribution in [0.1, 0.15) is 12.1 Å². The molecule has 1 aromatic heterocycles. The molecular weight excluding hydrogens is 415 g/mol. The summed E-state index contributed by atoms with van der Waals surface area (Å²) in [6.07, 6.45) is 2.81. The van der Waals surface area contributed by atoms with Gasteiger partial charge in [0.1, 0.15) is 0 Å². The Morgan fingerprint density at radius 1 is 1.08 bits per heavy atom. The number of nitrogens with zero attached hydrogens (tertiary/aromatic N) is 3. The maximum atomic E-state index is 12.5. The molecule has 6 heteroatoms. The fourth-order valence-electron chi connectivity index (χ4n) is 2.81. The first kappa shape index (κ1) is 17.2. The number of carbonyl (C=O) groups excluding carboxylic acids is 1. The number of pyridine rings is 1. The van der Waals surface area contributed by atoms with E-state index in [-0.39, 0.29) is 6.03 Å². The third-order valence-corrected chi connectivity index (χ3v) is 5.04. The molecule has 1 aliphatic rings. The first-order chi connectivity index (χ1) is 11.7. The van der Waals surface area contributed by atoms with Crippen LogP contribution in [-0.2, 0) is 6.54 Å². The van der Waals surface area contributed by atoms with Crippen molar-refractivity contribution < 1.29 is 4.79 Å². The fourth-order valence-corrected chi connectivity index (χ4v) is 3.33. The van der Waals surface area contributed by atoms with Gasteiger partial charge in [-0.1, -0.05) is 18.2 Å². The van der Waals surface area contributed by atoms with Crippen LogP contribution in [0, 0.1) is 3.57 Å². The van der Waals surface area contributed by atoms with Gasteiger partial charge in [-0.25, -0.2) is 4.79 Å². The van der Waals surface area contributed by atoms with Crippen LogP contribution in [0.15, 0.2) is 48.7 Å². The highest BCUT2D eigenvalue weighted by atomic mass is 127. The van der Waals surface area contributed by atoms with Crippen molar-refractivity contribution >= 4 is 34.3 Å². The normalized spacial score (nSPS) is 15.8. The molecule has 1 fully saturated rings. The van der Waals surface area contributed by atoms with Crippen LogP contribution >= 0.6 is 22.6 Å². The quantitative estimate of drug-likeness (QED) is 0.751. The number of para-hydroxylation sites is 1. The Kier molecular flexibility index (Phi) is 6.03. The molecule has 1 aliphatic heterocycles. The Morgan fingerprint density at radius 3 is 2.71 bits per heavy atom. The van der Waals surface area contributed by atoms with Crippen molar-refractivity contribution in [1.29, 1.82) is 0 Å². The van der Waals surface area contributed by atoms with E-state index in [4.69, 9.17) is 0 Å². The lowest BCUT2D eigenvalue weighted by atomic mass is 10.3. The van der Waals surface area contributed by atoms with E-state index in [2.05, 4.69) is 37.8 Å². The fraction of sp³-hybridized carbons (Fsp3) is 0.333. The minimum atomic E-state index is -0.0150. The van der Waals surface area contributed by atoms with Gasteiger partial charge < -0.3 is 10.2 Å². The van der Waals surface area contributed by atoms with Crippen molar-refractivity contribution in [2.75, 3.05) is 31.5 Å². The van der Waals surface area contributed by atoms with Crippen LogP contribution in [0.25, 0.3) is 0 Å². The van der Waals surface area contributed by atoms with Crippen molar-refractivity contribution in [3.63, 3.8) is 0 Å². The molecule has 0 bridgehead atoms. The Morgan fingerprint density at radius 2 is 1.92 bits per heavy atom. The predicted octanol–water partition coefficient (Wildman–Crippen LogP) is 3.43. The molecule has 0 spiro atoms. The van der Waals surface area contributed by atoms with Gasteiger partial charge in [-0.15, -0.1) is 0 Å². The molecule has 2 aromatic rings. The molecule has 0 aliphatic carbocycles. The van der Waals surface area contributed by atoms with Gasteiger partial charge in [0.2, 0.25) is 0 Å². The molecule has 1 N–H and O–H groups in total. The number of hydrogen-bond acceptors (Lipinski definition) is 3. The van der Waals surface area contributed by atoms with Crippen molar-refractivity contribution in [3.8, 4) is 0 Å². The largest absolute Gasteiger partial charge is 0.323 e. The molecular formula is C18H21IN4O. The lowest BCUT2D eigenvalue weighted by Crippen LogP contribution is -2.38. The standard InChI is InChI=1S/C18H21IN4O/c19-16-7-1-2-8-17(16)21-18(24)23-11-5-10-22(12-13-23)14-15-6-3-4-9-20-15/h1-4,6-9H,5,10-14H2,(H,21,24). The Labute approximate surface area is 156 Å². The highest BCUT2D eigenvalue weighted by Gasteiger charge is 2.19.